The monoisotopic (exact) mass is 342 g/mol. The van der Waals surface area contributed by atoms with E-state index in [1.54, 1.807) is 0 Å². The van der Waals surface area contributed by atoms with Gasteiger partial charge in [0.25, 0.3) is 0 Å². The molecule has 6 heteroatoms. The fraction of sp³-hybridized carbons (Fsp3) is 0.632. The van der Waals surface area contributed by atoms with Crippen molar-refractivity contribution >= 4 is 6.09 Å². The summed E-state index contributed by atoms with van der Waals surface area (Å²) >= 11 is 0. The fourth-order valence-corrected chi connectivity index (χ4v) is 4.24. The quantitative estimate of drug-likeness (QED) is 0.429. The van der Waals surface area contributed by atoms with E-state index in [9.17, 15) is 10.3 Å². The first-order chi connectivity index (χ1) is 11.9. The van der Waals surface area contributed by atoms with Crippen LogP contribution in [-0.2, 0) is 4.74 Å². The Hall–Kier alpha value is -2.20. The number of ether oxygens (including phenoxy) is 1. The van der Waals surface area contributed by atoms with Gasteiger partial charge in [-0.05, 0) is 63.5 Å². The van der Waals surface area contributed by atoms with Gasteiger partial charge < -0.3 is 9.64 Å². The number of azide groups is 1. The number of amides is 1. The molecule has 1 aromatic rings. The molecule has 3 aliphatic rings. The van der Waals surface area contributed by atoms with Crippen LogP contribution < -0.4 is 0 Å². The largest absolute Gasteiger partial charge is 0.444 e. The molecule has 25 heavy (non-hydrogen) atoms. The summed E-state index contributed by atoms with van der Waals surface area (Å²) in [5.74, 6) is 0.511. The molecule has 2 saturated heterocycles. The van der Waals surface area contributed by atoms with Crippen LogP contribution in [0.3, 0.4) is 0 Å². The summed E-state index contributed by atoms with van der Waals surface area (Å²) in [6.45, 7) is 6.31. The number of carbonyl (C=O) groups is 1. The standard InChI is InChI=1S/C19H26N4O2/c1-18(2,3)25-17(24)23-13-14-9-11-19(23,12-10-14)16(21-22-20)15-7-5-4-6-8-15/h4-8,14,16H,9-13H2,1-3H3. The maximum Gasteiger partial charge on any atom is 0.410 e. The molecule has 2 heterocycles. The molecule has 0 spiro atoms. The minimum absolute atomic E-state index is 0.300. The Morgan fingerprint density at radius 1 is 1.32 bits per heavy atom. The van der Waals surface area contributed by atoms with E-state index < -0.39 is 17.2 Å². The van der Waals surface area contributed by atoms with E-state index >= 15 is 0 Å². The van der Waals surface area contributed by atoms with Crippen molar-refractivity contribution in [2.45, 2.75) is 63.6 Å². The predicted molar refractivity (Wildman–Crippen MR) is 96.0 cm³/mol. The Bertz CT molecular complexity index is 668. The lowest BCUT2D eigenvalue weighted by molar-refractivity contribution is -0.0641. The predicted octanol–water partition coefficient (Wildman–Crippen LogP) is 5.22. The van der Waals surface area contributed by atoms with E-state index in [0.717, 1.165) is 31.2 Å². The van der Waals surface area contributed by atoms with Crippen LogP contribution in [0.5, 0.6) is 0 Å². The third-order valence-corrected chi connectivity index (χ3v) is 5.35. The molecular weight excluding hydrogens is 316 g/mol. The summed E-state index contributed by atoms with van der Waals surface area (Å²) in [6.07, 6.45) is 3.50. The smallest absolute Gasteiger partial charge is 0.410 e. The third-order valence-electron chi connectivity index (χ3n) is 5.35. The normalized spacial score (nSPS) is 26.7. The molecule has 1 atom stereocenters. The van der Waals surface area contributed by atoms with Gasteiger partial charge in [0.05, 0.1) is 11.6 Å². The first-order valence-corrected chi connectivity index (χ1v) is 8.95. The minimum atomic E-state index is -0.546. The van der Waals surface area contributed by atoms with Crippen LogP contribution in [0, 0.1) is 5.92 Å². The summed E-state index contributed by atoms with van der Waals surface area (Å²) in [6, 6.07) is 9.38. The first-order valence-electron chi connectivity index (χ1n) is 8.95. The SMILES string of the molecule is CC(C)(C)OC(=O)N1CC2CCC1(C(N=[N+]=[N-])c1ccccc1)CC2. The number of hydrogen-bond acceptors (Lipinski definition) is 3. The van der Waals surface area contributed by atoms with Gasteiger partial charge in [-0.3, -0.25) is 0 Å². The van der Waals surface area contributed by atoms with Gasteiger partial charge in [-0.25, -0.2) is 4.79 Å². The van der Waals surface area contributed by atoms with Crippen LogP contribution in [0.4, 0.5) is 4.79 Å². The van der Waals surface area contributed by atoms with E-state index in [-0.39, 0.29) is 6.09 Å². The van der Waals surface area contributed by atoms with Gasteiger partial charge in [0.1, 0.15) is 5.60 Å². The van der Waals surface area contributed by atoms with Crippen LogP contribution in [0.1, 0.15) is 58.1 Å². The van der Waals surface area contributed by atoms with Gasteiger partial charge in [-0.1, -0.05) is 35.4 Å². The van der Waals surface area contributed by atoms with Gasteiger partial charge in [0, 0.05) is 11.5 Å². The van der Waals surface area contributed by atoms with E-state index in [2.05, 4.69) is 10.0 Å². The highest BCUT2D eigenvalue weighted by Gasteiger charge is 2.53. The molecule has 1 aromatic carbocycles. The first kappa shape index (κ1) is 17.6. The zero-order valence-electron chi connectivity index (χ0n) is 15.2. The molecule has 2 aliphatic heterocycles. The number of piperidine rings is 2. The summed E-state index contributed by atoms with van der Waals surface area (Å²) in [5.41, 5.74) is 9.10. The van der Waals surface area contributed by atoms with Gasteiger partial charge in [-0.2, -0.15) is 0 Å². The van der Waals surface area contributed by atoms with Crippen molar-refractivity contribution in [2.24, 2.45) is 11.0 Å². The van der Waals surface area contributed by atoms with Gasteiger partial charge in [0.15, 0.2) is 0 Å². The minimum Gasteiger partial charge on any atom is -0.444 e. The third kappa shape index (κ3) is 3.45. The highest BCUT2D eigenvalue weighted by Crippen LogP contribution is 2.51. The van der Waals surface area contributed by atoms with Crippen molar-refractivity contribution in [3.05, 3.63) is 46.3 Å². The molecule has 1 unspecified atom stereocenters. The molecular formula is C19H26N4O2. The van der Waals surface area contributed by atoms with E-state index in [1.165, 1.54) is 0 Å². The molecule has 6 nitrogen and oxygen atoms in total. The van der Waals surface area contributed by atoms with Gasteiger partial charge >= 0.3 is 6.09 Å². The Balaban J connectivity index is 2.00. The Labute approximate surface area is 148 Å². The lowest BCUT2D eigenvalue weighted by Gasteiger charge is -2.56. The Kier molecular flexibility index (Phi) is 4.65. The van der Waals surface area contributed by atoms with E-state index in [1.807, 2.05) is 56.0 Å². The van der Waals surface area contributed by atoms with Crippen molar-refractivity contribution < 1.29 is 9.53 Å². The van der Waals surface area contributed by atoms with Crippen molar-refractivity contribution in [3.63, 3.8) is 0 Å². The Morgan fingerprint density at radius 2 is 1.96 bits per heavy atom. The van der Waals surface area contributed by atoms with E-state index in [0.29, 0.717) is 12.5 Å². The van der Waals surface area contributed by atoms with Crippen molar-refractivity contribution in [3.8, 4) is 0 Å². The topological polar surface area (TPSA) is 78.3 Å². The number of rotatable bonds is 3. The van der Waals surface area contributed by atoms with Crippen molar-refractivity contribution in [1.29, 1.82) is 0 Å². The average Bonchev–Trinajstić information content (AvgIpc) is 2.59. The second-order valence-electron chi connectivity index (χ2n) is 8.16. The van der Waals surface area contributed by atoms with Crippen molar-refractivity contribution in [1.82, 2.24) is 4.90 Å². The van der Waals surface area contributed by atoms with Gasteiger partial charge in [-0.15, -0.1) is 0 Å². The second-order valence-corrected chi connectivity index (χ2v) is 8.16. The summed E-state index contributed by atoms with van der Waals surface area (Å²) in [4.78, 5) is 17.9. The molecule has 0 radical (unpaired) electrons. The molecule has 134 valence electrons. The van der Waals surface area contributed by atoms with Crippen LogP contribution in [0.2, 0.25) is 0 Å². The second kappa shape index (κ2) is 6.60. The molecule has 2 bridgehead atoms. The van der Waals surface area contributed by atoms with Crippen LogP contribution in [0.15, 0.2) is 35.4 Å². The Morgan fingerprint density at radius 3 is 2.52 bits per heavy atom. The number of benzene rings is 1. The average molecular weight is 342 g/mol. The fourth-order valence-electron chi connectivity index (χ4n) is 4.24. The van der Waals surface area contributed by atoms with Crippen LogP contribution >= 0.6 is 0 Å². The molecule has 4 rings (SSSR count). The molecule has 1 amide bonds. The molecule has 0 aromatic heterocycles. The van der Waals surface area contributed by atoms with Gasteiger partial charge in [0.2, 0.25) is 0 Å². The number of carbonyl (C=O) groups excluding carboxylic acids is 1. The molecule has 1 aliphatic carbocycles. The number of hydrogen-bond donors (Lipinski definition) is 0. The maximum absolute atomic E-state index is 12.9. The zero-order valence-corrected chi connectivity index (χ0v) is 15.2. The highest BCUT2D eigenvalue weighted by atomic mass is 16.6. The lowest BCUT2D eigenvalue weighted by atomic mass is 9.66. The number of fused-ring (bicyclic) bond motifs is 3. The summed E-state index contributed by atoms with van der Waals surface area (Å²) in [7, 11) is 0. The summed E-state index contributed by atoms with van der Waals surface area (Å²) < 4.78 is 5.67. The van der Waals surface area contributed by atoms with E-state index in [4.69, 9.17) is 4.74 Å². The number of nitrogens with zero attached hydrogens (tertiary/aromatic N) is 4. The zero-order chi connectivity index (χ0) is 18.1. The maximum atomic E-state index is 12.9. The molecule has 0 N–H and O–H groups in total. The lowest BCUT2D eigenvalue weighted by Crippen LogP contribution is -2.63. The van der Waals surface area contributed by atoms with Crippen LogP contribution in [0.25, 0.3) is 10.4 Å². The molecule has 1 saturated carbocycles. The van der Waals surface area contributed by atoms with Crippen LogP contribution in [-0.4, -0.2) is 28.7 Å². The highest BCUT2D eigenvalue weighted by molar-refractivity contribution is 5.70. The summed E-state index contributed by atoms with van der Waals surface area (Å²) in [5, 5.41) is 4.15. The van der Waals surface area contributed by atoms with Crippen molar-refractivity contribution in [2.75, 3.05) is 6.54 Å². The molecule has 3 fully saturated rings.